The molecule has 4 aliphatic rings. The van der Waals surface area contributed by atoms with Crippen molar-refractivity contribution in [3.05, 3.63) is 31.9 Å². The van der Waals surface area contributed by atoms with Crippen molar-refractivity contribution in [3.8, 4) is 0 Å². The Hall–Kier alpha value is 0.451. The van der Waals surface area contributed by atoms with Crippen LogP contribution < -0.4 is 0 Å². The Morgan fingerprint density at radius 3 is 1.65 bits per heavy atom. The van der Waals surface area contributed by atoms with Gasteiger partial charge in [0.15, 0.2) is 0 Å². The molecule has 6 unspecified atom stereocenters. The van der Waals surface area contributed by atoms with Crippen LogP contribution in [0.5, 0.6) is 0 Å². The second-order valence-electron chi connectivity index (χ2n) is 10.2. The van der Waals surface area contributed by atoms with E-state index in [0.717, 1.165) is 41.0 Å². The van der Waals surface area contributed by atoms with Gasteiger partial charge >= 0.3 is 21.7 Å². The molecule has 6 atom stereocenters. The molecule has 0 spiro atoms. The van der Waals surface area contributed by atoms with Gasteiger partial charge in [-0.15, -0.1) is 5.73 Å². The van der Waals surface area contributed by atoms with Gasteiger partial charge in [-0.1, -0.05) is 71.8 Å². The molecule has 26 heavy (non-hydrogen) atoms. The molecule has 144 valence electrons. The van der Waals surface area contributed by atoms with Crippen LogP contribution in [0.3, 0.4) is 0 Å². The summed E-state index contributed by atoms with van der Waals surface area (Å²) in [6, 6.07) is 0. The zero-order valence-electron chi connectivity index (χ0n) is 17.5. The molecule has 0 amide bonds. The maximum atomic E-state index is 4.68. The third-order valence-corrected chi connectivity index (χ3v) is 11.2. The molecule has 0 bridgehead atoms. The first-order valence-electron chi connectivity index (χ1n) is 10.8. The Balaban J connectivity index is 0.00000121. The fourth-order valence-electron chi connectivity index (χ4n) is 7.38. The van der Waals surface area contributed by atoms with Gasteiger partial charge in [0.2, 0.25) is 0 Å². The van der Waals surface area contributed by atoms with Gasteiger partial charge in [0.05, 0.1) is 0 Å². The van der Waals surface area contributed by atoms with E-state index in [4.69, 9.17) is 0 Å². The molecule has 0 saturated heterocycles. The van der Waals surface area contributed by atoms with Crippen LogP contribution in [-0.2, 0) is 21.7 Å². The minimum atomic E-state index is -1.25. The Bertz CT molecular complexity index is 493. The average molecular weight is 405 g/mol. The molecule has 0 nitrogen and oxygen atoms in total. The predicted molar refractivity (Wildman–Crippen MR) is 113 cm³/mol. The normalized spacial score (nSPS) is 42.1. The maximum Gasteiger partial charge on any atom is 2.00 e. The first-order valence-corrected chi connectivity index (χ1v) is 14.0. The van der Waals surface area contributed by atoms with E-state index in [-0.39, 0.29) is 29.1 Å². The quantitative estimate of drug-likeness (QED) is 0.245. The molecule has 0 heterocycles. The monoisotopic (exact) mass is 404 g/mol. The van der Waals surface area contributed by atoms with Crippen molar-refractivity contribution in [2.24, 2.45) is 35.5 Å². The summed E-state index contributed by atoms with van der Waals surface area (Å²) >= 11 is 0. The Kier molecular flexibility index (Phi) is 7.74. The third-order valence-electron chi connectivity index (χ3n) is 8.51. The van der Waals surface area contributed by atoms with Gasteiger partial charge in [0.25, 0.3) is 0 Å². The minimum absolute atomic E-state index is 0. The van der Waals surface area contributed by atoms with Gasteiger partial charge in [-0.3, -0.25) is 0 Å². The van der Waals surface area contributed by atoms with Crippen molar-refractivity contribution in [1.29, 1.82) is 0 Å². The van der Waals surface area contributed by atoms with Crippen LogP contribution in [0.25, 0.3) is 0 Å². The van der Waals surface area contributed by atoms with E-state index in [1.165, 1.54) is 64.2 Å². The first-order chi connectivity index (χ1) is 11.5. The smallest absolute Gasteiger partial charge is 0.358 e. The number of allylic oxidation sites excluding steroid dienone is 1. The van der Waals surface area contributed by atoms with E-state index in [1.54, 1.807) is 5.57 Å². The van der Waals surface area contributed by atoms with Crippen molar-refractivity contribution in [1.82, 2.24) is 0 Å². The summed E-state index contributed by atoms with van der Waals surface area (Å²) < 4.78 is 0. The summed E-state index contributed by atoms with van der Waals surface area (Å²) in [5, 5.41) is 0. The molecule has 0 aromatic carbocycles. The summed E-state index contributed by atoms with van der Waals surface area (Å²) in [6.07, 6.45) is 14.7. The molecule has 2 heteroatoms. The predicted octanol–water partition coefficient (Wildman–Crippen LogP) is 7.25. The van der Waals surface area contributed by atoms with Gasteiger partial charge in [-0.2, -0.15) is 0 Å². The second-order valence-corrected chi connectivity index (χ2v) is 15.0. The fraction of sp³-hybridized carbons (Fsp3) is 0.792. The molecule has 4 fully saturated rings. The molecule has 0 aromatic rings. The van der Waals surface area contributed by atoms with Gasteiger partial charge in [-0.05, 0) is 66.8 Å². The summed E-state index contributed by atoms with van der Waals surface area (Å²) in [4.78, 5) is 0. The average Bonchev–Trinajstić information content (AvgIpc) is 2.98. The molecule has 4 saturated carbocycles. The van der Waals surface area contributed by atoms with E-state index in [0.29, 0.717) is 0 Å². The second kappa shape index (κ2) is 8.86. The third kappa shape index (κ3) is 3.94. The van der Waals surface area contributed by atoms with Crippen LogP contribution in [0.2, 0.25) is 18.6 Å². The summed E-state index contributed by atoms with van der Waals surface area (Å²) in [6.45, 7) is 13.9. The van der Waals surface area contributed by atoms with Crippen molar-refractivity contribution >= 4 is 8.07 Å². The fourth-order valence-corrected chi connectivity index (χ4v) is 9.20. The number of hydrogen-bond acceptors (Lipinski definition) is 0. The Labute approximate surface area is 179 Å². The van der Waals surface area contributed by atoms with Crippen LogP contribution >= 0.6 is 0 Å². The van der Waals surface area contributed by atoms with Gasteiger partial charge < -0.3 is 14.0 Å². The number of fused-ring (bicyclic) bond motifs is 5. The molecule has 0 N–H and O–H groups in total. The molecule has 4 aliphatic carbocycles. The van der Waals surface area contributed by atoms with Crippen LogP contribution in [0.4, 0.5) is 0 Å². The largest absolute Gasteiger partial charge is 2.00 e. The Morgan fingerprint density at radius 2 is 1.27 bits per heavy atom. The molecule has 4 rings (SSSR count). The summed E-state index contributed by atoms with van der Waals surface area (Å²) in [5.74, 6) is 5.60. The molecule has 0 aliphatic heterocycles. The summed E-state index contributed by atoms with van der Waals surface area (Å²) in [5.41, 5.74) is 6.21. The van der Waals surface area contributed by atoms with E-state index >= 15 is 0 Å². The van der Waals surface area contributed by atoms with Gasteiger partial charge in [-0.25, -0.2) is 0 Å². The van der Waals surface area contributed by atoms with Crippen molar-refractivity contribution in [2.45, 2.75) is 82.8 Å². The van der Waals surface area contributed by atoms with Gasteiger partial charge in [0, 0.05) is 0 Å². The van der Waals surface area contributed by atoms with E-state index < -0.39 is 8.07 Å². The van der Waals surface area contributed by atoms with Crippen LogP contribution in [0.1, 0.15) is 64.2 Å². The number of hydrogen-bond donors (Lipinski definition) is 0. The topological polar surface area (TPSA) is 0 Å². The summed E-state index contributed by atoms with van der Waals surface area (Å²) in [7, 11) is -1.25. The van der Waals surface area contributed by atoms with E-state index in [2.05, 4.69) is 32.0 Å². The molecule has 0 radical (unpaired) electrons. The van der Waals surface area contributed by atoms with Crippen molar-refractivity contribution in [2.75, 3.05) is 0 Å². The van der Waals surface area contributed by atoms with E-state index in [1.807, 2.05) is 0 Å². The van der Waals surface area contributed by atoms with Gasteiger partial charge in [0.1, 0.15) is 0 Å². The molecular formula is C24H40SiTi. The zero-order chi connectivity index (χ0) is 16.9. The molecule has 0 aromatic heterocycles. The first kappa shape index (κ1) is 22.7. The SMILES string of the molecule is C=C=C1C2CCCCC2C2CC([Si]([CH2-])(C)C)CC2C2CCCCC12.[CH3-].[Ti+2]. The van der Waals surface area contributed by atoms with Crippen molar-refractivity contribution in [3.63, 3.8) is 0 Å². The van der Waals surface area contributed by atoms with Crippen molar-refractivity contribution < 1.29 is 21.7 Å². The zero-order valence-corrected chi connectivity index (χ0v) is 20.1. The van der Waals surface area contributed by atoms with Crippen LogP contribution in [-0.4, -0.2) is 8.07 Å². The number of rotatable bonds is 1. The minimum Gasteiger partial charge on any atom is -0.358 e. The van der Waals surface area contributed by atoms with Crippen LogP contribution in [0.15, 0.2) is 17.9 Å². The standard InChI is InChI=1S/C23H37Si.CH3.Ti/c1-5-17-18-10-6-8-12-20(18)22-14-16(24(2,3)4)15-23(22)21-13-9-7-11-19(17)21;;/h16,18-23H,1-2,6-15H2,3-4H3;1H3;/q2*-1;+2. The molecular weight excluding hydrogens is 364 g/mol. The Morgan fingerprint density at radius 1 is 0.846 bits per heavy atom. The van der Waals surface area contributed by atoms with Crippen LogP contribution in [0, 0.1) is 49.5 Å². The van der Waals surface area contributed by atoms with E-state index in [9.17, 15) is 0 Å². The maximum absolute atomic E-state index is 4.68.